The summed E-state index contributed by atoms with van der Waals surface area (Å²) in [5.74, 6) is 1.11. The van der Waals surface area contributed by atoms with Crippen molar-refractivity contribution in [1.29, 1.82) is 0 Å². The molecule has 0 bridgehead atoms. The highest BCUT2D eigenvalue weighted by Crippen LogP contribution is 2.31. The van der Waals surface area contributed by atoms with Crippen molar-refractivity contribution in [3.63, 3.8) is 0 Å². The molecule has 0 spiro atoms. The van der Waals surface area contributed by atoms with E-state index in [9.17, 15) is 0 Å². The number of nitrogens with two attached hydrogens (primary N) is 1. The molecule has 4 nitrogen and oxygen atoms in total. The summed E-state index contributed by atoms with van der Waals surface area (Å²) in [6.45, 7) is 3.93. The van der Waals surface area contributed by atoms with E-state index in [-0.39, 0.29) is 0 Å². The van der Waals surface area contributed by atoms with Crippen molar-refractivity contribution in [3.05, 3.63) is 17.3 Å². The van der Waals surface area contributed by atoms with Crippen molar-refractivity contribution in [3.8, 4) is 0 Å². The molecule has 2 aromatic heterocycles. The fourth-order valence-corrected chi connectivity index (χ4v) is 3.51. The second-order valence-corrected chi connectivity index (χ2v) is 5.41. The summed E-state index contributed by atoms with van der Waals surface area (Å²) >= 11 is 1.67. The van der Waals surface area contributed by atoms with Crippen LogP contribution >= 0.6 is 11.3 Å². The number of aromatic nitrogens is 2. The SMILES string of the molecule is CCC1CCCN1c1nc2sccn2c1CN. The van der Waals surface area contributed by atoms with E-state index in [0.717, 1.165) is 23.0 Å². The first kappa shape index (κ1) is 11.0. The van der Waals surface area contributed by atoms with E-state index in [1.54, 1.807) is 11.3 Å². The summed E-state index contributed by atoms with van der Waals surface area (Å²) in [6, 6.07) is 0.643. The first-order valence-electron chi connectivity index (χ1n) is 6.26. The number of thiazole rings is 1. The Balaban J connectivity index is 2.06. The summed E-state index contributed by atoms with van der Waals surface area (Å²) in [7, 11) is 0. The van der Waals surface area contributed by atoms with E-state index in [2.05, 4.69) is 27.8 Å². The third kappa shape index (κ3) is 1.65. The summed E-state index contributed by atoms with van der Waals surface area (Å²) in [6.07, 6.45) is 5.81. The number of anilines is 1. The average Bonchev–Trinajstić information content (AvgIpc) is 3.02. The molecule has 1 fully saturated rings. The Morgan fingerprint density at radius 1 is 1.59 bits per heavy atom. The largest absolute Gasteiger partial charge is 0.352 e. The molecular formula is C12H18N4S. The number of rotatable bonds is 3. The molecule has 0 aromatic carbocycles. The molecule has 2 aromatic rings. The molecular weight excluding hydrogens is 232 g/mol. The van der Waals surface area contributed by atoms with Crippen LogP contribution in [-0.4, -0.2) is 22.0 Å². The van der Waals surface area contributed by atoms with Crippen LogP contribution in [0.3, 0.4) is 0 Å². The molecule has 17 heavy (non-hydrogen) atoms. The average molecular weight is 250 g/mol. The number of hydrogen-bond donors (Lipinski definition) is 1. The lowest BCUT2D eigenvalue weighted by molar-refractivity contribution is 0.639. The summed E-state index contributed by atoms with van der Waals surface area (Å²) in [5.41, 5.74) is 7.05. The highest BCUT2D eigenvalue weighted by molar-refractivity contribution is 7.15. The fourth-order valence-electron chi connectivity index (χ4n) is 2.78. The van der Waals surface area contributed by atoms with Gasteiger partial charge in [-0.3, -0.25) is 4.40 Å². The van der Waals surface area contributed by atoms with Crippen LogP contribution in [0.5, 0.6) is 0 Å². The van der Waals surface area contributed by atoms with Crippen LogP contribution in [0.4, 0.5) is 5.82 Å². The number of nitrogens with zero attached hydrogens (tertiary/aromatic N) is 3. The quantitative estimate of drug-likeness (QED) is 0.908. The van der Waals surface area contributed by atoms with Crippen molar-refractivity contribution >= 4 is 22.1 Å². The lowest BCUT2D eigenvalue weighted by Gasteiger charge is -2.24. The van der Waals surface area contributed by atoms with E-state index in [1.165, 1.54) is 19.3 Å². The van der Waals surface area contributed by atoms with Crippen LogP contribution in [0, 0.1) is 0 Å². The molecule has 1 atom stereocenters. The Morgan fingerprint density at radius 2 is 2.47 bits per heavy atom. The molecule has 0 aliphatic carbocycles. The van der Waals surface area contributed by atoms with Gasteiger partial charge >= 0.3 is 0 Å². The molecule has 3 rings (SSSR count). The standard InChI is InChI=1S/C12H18N4S/c1-2-9-4-3-5-15(9)11-10(8-13)16-6-7-17-12(16)14-11/h6-7,9H,2-5,8,13H2,1H3. The van der Waals surface area contributed by atoms with Gasteiger partial charge in [-0.25, -0.2) is 4.98 Å². The Bertz CT molecular complexity index is 516. The number of imidazole rings is 1. The summed E-state index contributed by atoms with van der Waals surface area (Å²) < 4.78 is 2.13. The topological polar surface area (TPSA) is 46.6 Å². The minimum atomic E-state index is 0.556. The van der Waals surface area contributed by atoms with Crippen molar-refractivity contribution in [2.24, 2.45) is 5.73 Å². The smallest absolute Gasteiger partial charge is 0.195 e. The second kappa shape index (κ2) is 4.31. The van der Waals surface area contributed by atoms with Gasteiger partial charge in [-0.2, -0.15) is 0 Å². The zero-order chi connectivity index (χ0) is 11.8. The molecule has 5 heteroatoms. The number of fused-ring (bicyclic) bond motifs is 1. The zero-order valence-corrected chi connectivity index (χ0v) is 10.9. The van der Waals surface area contributed by atoms with E-state index in [1.807, 2.05) is 0 Å². The van der Waals surface area contributed by atoms with Gasteiger partial charge in [0.2, 0.25) is 0 Å². The van der Waals surface area contributed by atoms with E-state index in [4.69, 9.17) is 10.7 Å². The molecule has 1 unspecified atom stereocenters. The van der Waals surface area contributed by atoms with E-state index < -0.39 is 0 Å². The molecule has 1 saturated heterocycles. The van der Waals surface area contributed by atoms with Gasteiger partial charge in [0.25, 0.3) is 0 Å². The molecule has 92 valence electrons. The third-order valence-corrected chi connectivity index (χ3v) is 4.41. The monoisotopic (exact) mass is 250 g/mol. The first-order valence-corrected chi connectivity index (χ1v) is 7.14. The van der Waals surface area contributed by atoms with Crippen LogP contribution < -0.4 is 10.6 Å². The van der Waals surface area contributed by atoms with Crippen LogP contribution in [-0.2, 0) is 6.54 Å². The molecule has 1 aliphatic heterocycles. The van der Waals surface area contributed by atoms with Crippen LogP contribution in [0.25, 0.3) is 4.96 Å². The maximum atomic E-state index is 5.89. The Labute approximate surface area is 105 Å². The van der Waals surface area contributed by atoms with E-state index in [0.29, 0.717) is 12.6 Å². The van der Waals surface area contributed by atoms with Gasteiger partial charge in [0.05, 0.1) is 5.69 Å². The second-order valence-electron chi connectivity index (χ2n) is 4.54. The predicted molar refractivity (Wildman–Crippen MR) is 71.6 cm³/mol. The molecule has 0 saturated carbocycles. The molecule has 0 amide bonds. The lowest BCUT2D eigenvalue weighted by Crippen LogP contribution is -2.30. The maximum absolute atomic E-state index is 5.89. The summed E-state index contributed by atoms with van der Waals surface area (Å²) in [4.78, 5) is 8.26. The van der Waals surface area contributed by atoms with Crippen molar-refractivity contribution in [2.75, 3.05) is 11.4 Å². The van der Waals surface area contributed by atoms with Gasteiger partial charge in [-0.05, 0) is 19.3 Å². The highest BCUT2D eigenvalue weighted by Gasteiger charge is 2.27. The van der Waals surface area contributed by atoms with Crippen molar-refractivity contribution in [2.45, 2.75) is 38.8 Å². The lowest BCUT2D eigenvalue weighted by atomic mass is 10.2. The van der Waals surface area contributed by atoms with Gasteiger partial charge in [-0.1, -0.05) is 6.92 Å². The highest BCUT2D eigenvalue weighted by atomic mass is 32.1. The van der Waals surface area contributed by atoms with Crippen molar-refractivity contribution < 1.29 is 0 Å². The molecule has 0 radical (unpaired) electrons. The fraction of sp³-hybridized carbons (Fsp3) is 0.583. The summed E-state index contributed by atoms with van der Waals surface area (Å²) in [5, 5.41) is 2.06. The molecule has 2 N–H and O–H groups in total. The normalized spacial score (nSPS) is 20.6. The van der Waals surface area contributed by atoms with Crippen LogP contribution in [0.15, 0.2) is 11.6 Å². The van der Waals surface area contributed by atoms with Gasteiger partial charge in [0.1, 0.15) is 0 Å². The Morgan fingerprint density at radius 3 is 3.24 bits per heavy atom. The third-order valence-electron chi connectivity index (χ3n) is 3.65. The van der Waals surface area contributed by atoms with Gasteiger partial charge in [0, 0.05) is 30.7 Å². The van der Waals surface area contributed by atoms with E-state index >= 15 is 0 Å². The van der Waals surface area contributed by atoms with Gasteiger partial charge < -0.3 is 10.6 Å². The minimum absolute atomic E-state index is 0.556. The van der Waals surface area contributed by atoms with Crippen LogP contribution in [0.1, 0.15) is 31.9 Å². The van der Waals surface area contributed by atoms with Gasteiger partial charge in [-0.15, -0.1) is 11.3 Å². The predicted octanol–water partition coefficient (Wildman–Crippen LogP) is 2.23. The minimum Gasteiger partial charge on any atom is -0.352 e. The maximum Gasteiger partial charge on any atom is 0.195 e. The Kier molecular flexibility index (Phi) is 2.80. The zero-order valence-electron chi connectivity index (χ0n) is 10.1. The van der Waals surface area contributed by atoms with Gasteiger partial charge in [0.15, 0.2) is 10.8 Å². The molecule has 3 heterocycles. The number of hydrogen-bond acceptors (Lipinski definition) is 4. The first-order chi connectivity index (χ1) is 8.35. The molecule has 1 aliphatic rings. The Hall–Kier alpha value is -1.07. The van der Waals surface area contributed by atoms with Crippen LogP contribution in [0.2, 0.25) is 0 Å². The van der Waals surface area contributed by atoms with Crippen molar-refractivity contribution in [1.82, 2.24) is 9.38 Å².